The molecule has 2 heterocycles. The van der Waals surface area contributed by atoms with Crippen LogP contribution >= 0.6 is 0 Å². The summed E-state index contributed by atoms with van der Waals surface area (Å²) < 4.78 is 5.73. The first-order valence-corrected chi connectivity index (χ1v) is 7.82. The van der Waals surface area contributed by atoms with Crippen LogP contribution in [0.4, 0.5) is 0 Å². The fourth-order valence-corrected chi connectivity index (χ4v) is 5.04. The van der Waals surface area contributed by atoms with Gasteiger partial charge in [-0.1, -0.05) is 0 Å². The summed E-state index contributed by atoms with van der Waals surface area (Å²) in [6.07, 6.45) is 6.22. The average Bonchev–Trinajstić information content (AvgIpc) is 3.17. The van der Waals surface area contributed by atoms with E-state index in [0.717, 1.165) is 38.5 Å². The highest BCUT2D eigenvalue weighted by molar-refractivity contribution is 5.81. The molecule has 5 nitrogen and oxygen atoms in total. The van der Waals surface area contributed by atoms with E-state index in [4.69, 9.17) is 4.74 Å². The summed E-state index contributed by atoms with van der Waals surface area (Å²) >= 11 is 0. The zero-order valence-corrected chi connectivity index (χ0v) is 11.5. The van der Waals surface area contributed by atoms with Crippen molar-refractivity contribution in [2.24, 2.45) is 23.7 Å². The summed E-state index contributed by atoms with van der Waals surface area (Å²) in [5, 5.41) is 12.5. The van der Waals surface area contributed by atoms with Gasteiger partial charge in [0.15, 0.2) is 0 Å². The molecule has 4 aliphatic rings. The number of carbonyl (C=O) groups is 2. The predicted molar refractivity (Wildman–Crippen MR) is 69.9 cm³/mol. The van der Waals surface area contributed by atoms with Gasteiger partial charge in [-0.3, -0.25) is 9.59 Å². The van der Waals surface area contributed by atoms with Gasteiger partial charge in [0, 0.05) is 6.04 Å². The third-order valence-corrected chi connectivity index (χ3v) is 5.95. The summed E-state index contributed by atoms with van der Waals surface area (Å²) in [6, 6.07) is -0.155. The summed E-state index contributed by atoms with van der Waals surface area (Å²) in [6.45, 7) is 0. The SMILES string of the molecule is O=C(O)[C@H]1[C@@H]2CC[C@@H](C2)[C@H]1NC(=O)[C@@H]1C[C@H]2CC[C@@H]1O2. The summed E-state index contributed by atoms with van der Waals surface area (Å²) in [7, 11) is 0. The highest BCUT2D eigenvalue weighted by Crippen LogP contribution is 2.49. The Hall–Kier alpha value is -1.10. The number of ether oxygens (including phenoxy) is 1. The Labute approximate surface area is 118 Å². The maximum absolute atomic E-state index is 12.5. The van der Waals surface area contributed by atoms with E-state index in [9.17, 15) is 14.7 Å². The molecule has 2 aliphatic heterocycles. The second-order valence-corrected chi connectivity index (χ2v) is 6.95. The van der Waals surface area contributed by atoms with Gasteiger partial charge in [-0.05, 0) is 50.4 Å². The van der Waals surface area contributed by atoms with Crippen molar-refractivity contribution >= 4 is 11.9 Å². The van der Waals surface area contributed by atoms with Crippen LogP contribution in [0, 0.1) is 23.7 Å². The first-order chi connectivity index (χ1) is 9.63. The van der Waals surface area contributed by atoms with Crippen LogP contribution in [0.5, 0.6) is 0 Å². The molecule has 2 saturated heterocycles. The van der Waals surface area contributed by atoms with Crippen molar-refractivity contribution in [3.8, 4) is 0 Å². The molecule has 7 atom stereocenters. The van der Waals surface area contributed by atoms with E-state index in [1.54, 1.807) is 0 Å². The van der Waals surface area contributed by atoms with Crippen molar-refractivity contribution in [3.63, 3.8) is 0 Å². The maximum Gasteiger partial charge on any atom is 0.308 e. The van der Waals surface area contributed by atoms with E-state index in [0.29, 0.717) is 5.92 Å². The Morgan fingerprint density at radius 1 is 1.05 bits per heavy atom. The molecule has 0 aromatic carbocycles. The lowest BCUT2D eigenvalue weighted by molar-refractivity contribution is -0.145. The highest BCUT2D eigenvalue weighted by Gasteiger charge is 2.53. The van der Waals surface area contributed by atoms with Crippen LogP contribution in [-0.2, 0) is 14.3 Å². The number of amides is 1. The number of rotatable bonds is 3. The molecule has 110 valence electrons. The minimum Gasteiger partial charge on any atom is -0.481 e. The van der Waals surface area contributed by atoms with Crippen LogP contribution in [0.15, 0.2) is 0 Å². The van der Waals surface area contributed by atoms with Gasteiger partial charge < -0.3 is 15.2 Å². The molecule has 2 N–H and O–H groups in total. The number of hydrogen-bond acceptors (Lipinski definition) is 3. The zero-order chi connectivity index (χ0) is 13.9. The normalized spacial score (nSPS) is 48.7. The smallest absolute Gasteiger partial charge is 0.308 e. The van der Waals surface area contributed by atoms with Crippen molar-refractivity contribution in [1.82, 2.24) is 5.32 Å². The van der Waals surface area contributed by atoms with Crippen LogP contribution in [0.25, 0.3) is 0 Å². The molecular weight excluding hydrogens is 258 g/mol. The van der Waals surface area contributed by atoms with E-state index in [1.807, 2.05) is 0 Å². The minimum atomic E-state index is -0.744. The lowest BCUT2D eigenvalue weighted by atomic mass is 9.83. The molecule has 0 aromatic heterocycles. The Balaban J connectivity index is 1.45. The largest absolute Gasteiger partial charge is 0.481 e. The number of carboxylic acids is 1. The molecule has 4 bridgehead atoms. The van der Waals surface area contributed by atoms with Crippen LogP contribution in [0.1, 0.15) is 38.5 Å². The minimum absolute atomic E-state index is 0.0287. The van der Waals surface area contributed by atoms with E-state index >= 15 is 0 Å². The summed E-state index contributed by atoms with van der Waals surface area (Å²) in [4.78, 5) is 23.9. The lowest BCUT2D eigenvalue weighted by Crippen LogP contribution is -2.49. The van der Waals surface area contributed by atoms with Crippen molar-refractivity contribution in [2.75, 3.05) is 0 Å². The van der Waals surface area contributed by atoms with Gasteiger partial charge in [-0.15, -0.1) is 0 Å². The third-order valence-electron chi connectivity index (χ3n) is 5.95. The number of fused-ring (bicyclic) bond motifs is 4. The lowest BCUT2D eigenvalue weighted by Gasteiger charge is -2.30. The van der Waals surface area contributed by atoms with E-state index in [-0.39, 0.29) is 41.9 Å². The molecule has 2 saturated carbocycles. The summed E-state index contributed by atoms with van der Waals surface area (Å²) in [5.41, 5.74) is 0. The molecule has 1 amide bonds. The molecule has 0 radical (unpaired) electrons. The Kier molecular flexibility index (Phi) is 2.81. The molecule has 20 heavy (non-hydrogen) atoms. The molecular formula is C15H21NO4. The van der Waals surface area contributed by atoms with Gasteiger partial charge in [-0.25, -0.2) is 0 Å². The molecule has 5 heteroatoms. The van der Waals surface area contributed by atoms with Crippen molar-refractivity contribution in [2.45, 2.75) is 56.8 Å². The van der Waals surface area contributed by atoms with Gasteiger partial charge in [0.2, 0.25) is 5.91 Å². The van der Waals surface area contributed by atoms with Gasteiger partial charge in [-0.2, -0.15) is 0 Å². The number of carbonyl (C=O) groups excluding carboxylic acids is 1. The third kappa shape index (κ3) is 1.79. The molecule has 0 unspecified atom stereocenters. The van der Waals surface area contributed by atoms with Crippen molar-refractivity contribution in [1.29, 1.82) is 0 Å². The van der Waals surface area contributed by atoms with E-state index in [2.05, 4.69) is 5.32 Å². The number of nitrogens with one attached hydrogen (secondary N) is 1. The summed E-state index contributed by atoms with van der Waals surface area (Å²) in [5.74, 6) is -0.518. The molecule has 0 aromatic rings. The van der Waals surface area contributed by atoms with Crippen LogP contribution < -0.4 is 5.32 Å². The number of hydrogen-bond donors (Lipinski definition) is 2. The zero-order valence-electron chi connectivity index (χ0n) is 11.5. The highest BCUT2D eigenvalue weighted by atomic mass is 16.5. The van der Waals surface area contributed by atoms with Gasteiger partial charge in [0.25, 0.3) is 0 Å². The van der Waals surface area contributed by atoms with Gasteiger partial charge in [0.1, 0.15) is 0 Å². The van der Waals surface area contributed by atoms with Gasteiger partial charge in [0.05, 0.1) is 24.0 Å². The quantitative estimate of drug-likeness (QED) is 0.813. The number of carboxylic acid groups (broad SMARTS) is 1. The monoisotopic (exact) mass is 279 g/mol. The Morgan fingerprint density at radius 2 is 1.85 bits per heavy atom. The van der Waals surface area contributed by atoms with E-state index < -0.39 is 5.97 Å². The second-order valence-electron chi connectivity index (χ2n) is 6.95. The predicted octanol–water partition coefficient (Wildman–Crippen LogP) is 1.17. The van der Waals surface area contributed by atoms with E-state index in [1.165, 1.54) is 0 Å². The topological polar surface area (TPSA) is 75.6 Å². The first-order valence-electron chi connectivity index (χ1n) is 7.82. The van der Waals surface area contributed by atoms with Crippen molar-refractivity contribution in [3.05, 3.63) is 0 Å². The Morgan fingerprint density at radius 3 is 2.50 bits per heavy atom. The van der Waals surface area contributed by atoms with Crippen LogP contribution in [0.2, 0.25) is 0 Å². The average molecular weight is 279 g/mol. The molecule has 2 aliphatic carbocycles. The fraction of sp³-hybridized carbons (Fsp3) is 0.867. The van der Waals surface area contributed by atoms with Crippen molar-refractivity contribution < 1.29 is 19.4 Å². The second kappa shape index (κ2) is 4.45. The van der Waals surface area contributed by atoms with Gasteiger partial charge >= 0.3 is 5.97 Å². The van der Waals surface area contributed by atoms with Crippen LogP contribution in [0.3, 0.4) is 0 Å². The molecule has 4 fully saturated rings. The number of aliphatic carboxylic acids is 1. The fourth-order valence-electron chi connectivity index (χ4n) is 5.04. The first kappa shape index (κ1) is 12.6. The standard InChI is InChI=1S/C15H21NO4/c17-14(10-6-9-3-4-11(10)20-9)16-13-8-2-1-7(5-8)12(13)15(18)19/h7-13H,1-6H2,(H,16,17)(H,18,19)/t7-,8+,9-,10-,11+,12+,13-/m1/s1. The Bertz CT molecular complexity index is 451. The molecule has 4 rings (SSSR count). The maximum atomic E-state index is 12.5. The molecule has 0 spiro atoms. The van der Waals surface area contributed by atoms with Crippen LogP contribution in [-0.4, -0.2) is 35.2 Å².